The van der Waals surface area contributed by atoms with E-state index in [1.807, 2.05) is 6.92 Å². The van der Waals surface area contributed by atoms with Gasteiger partial charge in [-0.15, -0.1) is 0 Å². The van der Waals surface area contributed by atoms with Gasteiger partial charge in [0.15, 0.2) is 0 Å². The zero-order chi connectivity index (χ0) is 15.3. The van der Waals surface area contributed by atoms with Gasteiger partial charge in [-0.05, 0) is 38.3 Å². The molecule has 0 aliphatic heterocycles. The molecule has 0 heterocycles. The summed E-state index contributed by atoms with van der Waals surface area (Å²) in [5.74, 6) is -0.582. The molecule has 0 aromatic heterocycles. The van der Waals surface area contributed by atoms with Gasteiger partial charge in [0.1, 0.15) is 11.4 Å². The first-order valence-electron chi connectivity index (χ1n) is 7.73. The predicted molar refractivity (Wildman–Crippen MR) is 80.5 cm³/mol. The summed E-state index contributed by atoms with van der Waals surface area (Å²) in [6, 6.07) is 6.91. The second kappa shape index (κ2) is 7.03. The third-order valence-electron chi connectivity index (χ3n) is 4.11. The average Bonchev–Trinajstić information content (AvgIpc) is 2.94. The molecular formula is C17H24FNO2. The molecule has 0 saturated heterocycles. The van der Waals surface area contributed by atoms with Crippen molar-refractivity contribution in [1.82, 2.24) is 5.32 Å². The van der Waals surface area contributed by atoms with Gasteiger partial charge in [-0.1, -0.05) is 31.0 Å². The van der Waals surface area contributed by atoms with Crippen LogP contribution in [-0.2, 0) is 16.0 Å². The molecule has 4 heteroatoms. The Labute approximate surface area is 125 Å². The monoisotopic (exact) mass is 293 g/mol. The number of ether oxygens (including phenoxy) is 1. The minimum absolute atomic E-state index is 0.277. The van der Waals surface area contributed by atoms with Crippen LogP contribution >= 0.6 is 0 Å². The summed E-state index contributed by atoms with van der Waals surface area (Å²) in [5.41, 5.74) is -0.341. The molecule has 3 nitrogen and oxygen atoms in total. The number of benzene rings is 1. The molecule has 1 fully saturated rings. The number of halogens is 1. The highest BCUT2D eigenvalue weighted by Crippen LogP contribution is 2.24. The van der Waals surface area contributed by atoms with Crippen molar-refractivity contribution in [3.8, 4) is 0 Å². The number of hydrogen-bond acceptors (Lipinski definition) is 3. The van der Waals surface area contributed by atoms with Crippen molar-refractivity contribution >= 4 is 5.97 Å². The van der Waals surface area contributed by atoms with Crippen molar-refractivity contribution in [1.29, 1.82) is 0 Å². The summed E-state index contributed by atoms with van der Waals surface area (Å²) < 4.78 is 19.1. The lowest BCUT2D eigenvalue weighted by molar-refractivity contribution is -0.150. The molecule has 1 unspecified atom stereocenters. The van der Waals surface area contributed by atoms with Gasteiger partial charge in [-0.2, -0.15) is 0 Å². The minimum atomic E-state index is -0.882. The van der Waals surface area contributed by atoms with E-state index in [-0.39, 0.29) is 11.8 Å². The Morgan fingerprint density at radius 1 is 1.38 bits per heavy atom. The lowest BCUT2D eigenvalue weighted by Crippen LogP contribution is -2.55. The van der Waals surface area contributed by atoms with Crippen LogP contribution in [0, 0.1) is 5.82 Å². The van der Waals surface area contributed by atoms with E-state index in [1.54, 1.807) is 25.1 Å². The topological polar surface area (TPSA) is 38.3 Å². The van der Waals surface area contributed by atoms with E-state index in [0.717, 1.165) is 12.8 Å². The molecule has 1 aromatic carbocycles. The lowest BCUT2D eigenvalue weighted by atomic mass is 9.91. The van der Waals surface area contributed by atoms with Gasteiger partial charge >= 0.3 is 5.97 Å². The van der Waals surface area contributed by atoms with Crippen molar-refractivity contribution in [2.24, 2.45) is 0 Å². The number of carbonyl (C=O) groups excluding carboxylic acids is 1. The fourth-order valence-corrected chi connectivity index (χ4v) is 3.02. The molecule has 1 saturated carbocycles. The van der Waals surface area contributed by atoms with Gasteiger partial charge in [0.2, 0.25) is 0 Å². The van der Waals surface area contributed by atoms with Crippen LogP contribution in [0.25, 0.3) is 0 Å². The lowest BCUT2D eigenvalue weighted by Gasteiger charge is -2.32. The quantitative estimate of drug-likeness (QED) is 0.818. The zero-order valence-electron chi connectivity index (χ0n) is 12.8. The highest BCUT2D eigenvalue weighted by Gasteiger charge is 2.38. The normalized spacial score (nSPS) is 18.4. The maximum atomic E-state index is 13.9. The standard InChI is InChI=1S/C17H24FNO2/c1-3-21-16(20)17(2,19-14-9-5-6-10-14)12-13-8-4-7-11-15(13)18/h4,7-8,11,14,19H,3,5-6,9-10,12H2,1-2H3. The van der Waals surface area contributed by atoms with Crippen molar-refractivity contribution in [3.05, 3.63) is 35.6 Å². The van der Waals surface area contributed by atoms with Crippen molar-refractivity contribution in [2.75, 3.05) is 6.61 Å². The predicted octanol–water partition coefficient (Wildman–Crippen LogP) is 3.22. The molecule has 116 valence electrons. The summed E-state index contributed by atoms with van der Waals surface area (Å²) >= 11 is 0. The Hall–Kier alpha value is -1.42. The van der Waals surface area contributed by atoms with Crippen LogP contribution in [0.5, 0.6) is 0 Å². The van der Waals surface area contributed by atoms with E-state index < -0.39 is 5.54 Å². The van der Waals surface area contributed by atoms with Crippen LogP contribution in [-0.4, -0.2) is 24.2 Å². The van der Waals surface area contributed by atoms with Gasteiger partial charge in [-0.25, -0.2) is 4.39 Å². The summed E-state index contributed by atoms with van der Waals surface area (Å²) in [6.07, 6.45) is 4.78. The number of hydrogen-bond donors (Lipinski definition) is 1. The minimum Gasteiger partial charge on any atom is -0.465 e. The van der Waals surface area contributed by atoms with Crippen molar-refractivity contribution < 1.29 is 13.9 Å². The van der Waals surface area contributed by atoms with Crippen molar-refractivity contribution in [3.63, 3.8) is 0 Å². The van der Waals surface area contributed by atoms with Crippen LogP contribution in [0.4, 0.5) is 4.39 Å². The molecule has 1 N–H and O–H groups in total. The molecule has 1 aliphatic rings. The second-order valence-electron chi connectivity index (χ2n) is 5.95. The van der Waals surface area contributed by atoms with E-state index in [9.17, 15) is 9.18 Å². The smallest absolute Gasteiger partial charge is 0.326 e. The van der Waals surface area contributed by atoms with Crippen molar-refractivity contribution in [2.45, 2.75) is 57.5 Å². The van der Waals surface area contributed by atoms with E-state index in [1.165, 1.54) is 18.9 Å². The van der Waals surface area contributed by atoms with Crippen LogP contribution in [0.15, 0.2) is 24.3 Å². The number of esters is 1. The van der Waals surface area contributed by atoms with Crippen LogP contribution in [0.2, 0.25) is 0 Å². The maximum Gasteiger partial charge on any atom is 0.326 e. The molecule has 21 heavy (non-hydrogen) atoms. The molecule has 0 bridgehead atoms. The van der Waals surface area contributed by atoms with E-state index in [4.69, 9.17) is 4.74 Å². The van der Waals surface area contributed by atoms with Crippen LogP contribution in [0.3, 0.4) is 0 Å². The molecule has 1 aromatic rings. The number of nitrogens with one attached hydrogen (secondary N) is 1. The average molecular weight is 293 g/mol. The van der Waals surface area contributed by atoms with E-state index in [2.05, 4.69) is 5.32 Å². The highest BCUT2D eigenvalue weighted by atomic mass is 19.1. The van der Waals surface area contributed by atoms with Gasteiger partial charge in [0, 0.05) is 12.5 Å². The Morgan fingerprint density at radius 2 is 2.05 bits per heavy atom. The van der Waals surface area contributed by atoms with Gasteiger partial charge in [0.05, 0.1) is 6.61 Å². The molecule has 0 spiro atoms. The van der Waals surface area contributed by atoms with Crippen LogP contribution < -0.4 is 5.32 Å². The first-order chi connectivity index (χ1) is 10.0. The van der Waals surface area contributed by atoms with E-state index in [0.29, 0.717) is 24.6 Å². The second-order valence-corrected chi connectivity index (χ2v) is 5.95. The Balaban J connectivity index is 2.18. The fraction of sp³-hybridized carbons (Fsp3) is 0.588. The SMILES string of the molecule is CCOC(=O)C(C)(Cc1ccccc1F)NC1CCCC1. The van der Waals surface area contributed by atoms with Crippen LogP contribution in [0.1, 0.15) is 45.1 Å². The first kappa shape index (κ1) is 16.0. The Bertz CT molecular complexity index is 485. The third-order valence-corrected chi connectivity index (χ3v) is 4.11. The molecule has 1 aliphatic carbocycles. The summed E-state index contributed by atoms with van der Waals surface area (Å²) in [5, 5.41) is 3.41. The third kappa shape index (κ3) is 4.03. The van der Waals surface area contributed by atoms with Gasteiger partial charge in [0.25, 0.3) is 0 Å². The summed E-state index contributed by atoms with van der Waals surface area (Å²) in [7, 11) is 0. The van der Waals surface area contributed by atoms with Gasteiger partial charge in [-0.3, -0.25) is 10.1 Å². The molecule has 0 radical (unpaired) electrons. The molecule has 1 atom stereocenters. The molecular weight excluding hydrogens is 269 g/mol. The Morgan fingerprint density at radius 3 is 2.67 bits per heavy atom. The number of rotatable bonds is 6. The first-order valence-corrected chi connectivity index (χ1v) is 7.73. The summed E-state index contributed by atoms with van der Waals surface area (Å²) in [4.78, 5) is 12.4. The highest BCUT2D eigenvalue weighted by molar-refractivity contribution is 5.81. The Kier molecular flexibility index (Phi) is 5.34. The zero-order valence-corrected chi connectivity index (χ0v) is 12.8. The fourth-order valence-electron chi connectivity index (χ4n) is 3.02. The number of carbonyl (C=O) groups is 1. The molecule has 2 rings (SSSR count). The maximum absolute atomic E-state index is 13.9. The van der Waals surface area contributed by atoms with Gasteiger partial charge < -0.3 is 4.74 Å². The summed E-state index contributed by atoms with van der Waals surface area (Å²) in [6.45, 7) is 3.94. The molecule has 0 amide bonds. The van der Waals surface area contributed by atoms with E-state index >= 15 is 0 Å². The largest absolute Gasteiger partial charge is 0.465 e.